The molecule has 1 atom stereocenters. The van der Waals surface area contributed by atoms with E-state index in [0.717, 1.165) is 6.42 Å². The van der Waals surface area contributed by atoms with Gasteiger partial charge in [0.2, 0.25) is 0 Å². The standard InChI is InChI=1S/C8H18O/c1-5-7-8(3,6-2)9-4/h5-7H2,1-4H3/t8-/m0/s1. The second-order valence-corrected chi connectivity index (χ2v) is 2.76. The highest BCUT2D eigenvalue weighted by atomic mass is 16.5. The van der Waals surface area contributed by atoms with Crippen molar-refractivity contribution in [1.82, 2.24) is 0 Å². The van der Waals surface area contributed by atoms with E-state index >= 15 is 0 Å². The molecular weight excluding hydrogens is 112 g/mol. The molecule has 0 fully saturated rings. The second-order valence-electron chi connectivity index (χ2n) is 2.76. The predicted molar refractivity (Wildman–Crippen MR) is 40.6 cm³/mol. The first kappa shape index (κ1) is 8.96. The number of hydrogen-bond acceptors (Lipinski definition) is 1. The van der Waals surface area contributed by atoms with Crippen LogP contribution in [0.5, 0.6) is 0 Å². The van der Waals surface area contributed by atoms with Gasteiger partial charge in [0.05, 0.1) is 5.60 Å². The maximum atomic E-state index is 5.33. The minimum atomic E-state index is 0.134. The van der Waals surface area contributed by atoms with Crippen LogP contribution >= 0.6 is 0 Å². The average molecular weight is 130 g/mol. The quantitative estimate of drug-likeness (QED) is 0.568. The molecule has 1 nitrogen and oxygen atoms in total. The van der Waals surface area contributed by atoms with E-state index in [9.17, 15) is 0 Å². The number of methoxy groups -OCH3 is 1. The zero-order valence-corrected chi connectivity index (χ0v) is 7.03. The highest BCUT2D eigenvalue weighted by Crippen LogP contribution is 2.19. The van der Waals surface area contributed by atoms with Gasteiger partial charge in [-0.25, -0.2) is 0 Å². The smallest absolute Gasteiger partial charge is 0.0648 e. The van der Waals surface area contributed by atoms with Crippen molar-refractivity contribution in [2.24, 2.45) is 0 Å². The summed E-state index contributed by atoms with van der Waals surface area (Å²) in [6.45, 7) is 6.52. The van der Waals surface area contributed by atoms with Gasteiger partial charge in [0.15, 0.2) is 0 Å². The summed E-state index contributed by atoms with van der Waals surface area (Å²) in [5, 5.41) is 0. The molecular formula is C8H18O. The molecule has 9 heavy (non-hydrogen) atoms. The van der Waals surface area contributed by atoms with Crippen LogP contribution in [0.3, 0.4) is 0 Å². The van der Waals surface area contributed by atoms with Gasteiger partial charge < -0.3 is 4.74 Å². The van der Waals surface area contributed by atoms with E-state index in [2.05, 4.69) is 20.8 Å². The van der Waals surface area contributed by atoms with Gasteiger partial charge in [-0.15, -0.1) is 0 Å². The molecule has 0 saturated carbocycles. The van der Waals surface area contributed by atoms with Crippen LogP contribution < -0.4 is 0 Å². The molecule has 0 aliphatic carbocycles. The van der Waals surface area contributed by atoms with Gasteiger partial charge in [0.25, 0.3) is 0 Å². The Morgan fingerprint density at radius 1 is 1.33 bits per heavy atom. The van der Waals surface area contributed by atoms with E-state index in [1.54, 1.807) is 7.11 Å². The monoisotopic (exact) mass is 130 g/mol. The van der Waals surface area contributed by atoms with Crippen molar-refractivity contribution in [2.75, 3.05) is 7.11 Å². The number of hydrogen-bond donors (Lipinski definition) is 0. The molecule has 0 N–H and O–H groups in total. The van der Waals surface area contributed by atoms with Crippen molar-refractivity contribution in [1.29, 1.82) is 0 Å². The molecule has 56 valence electrons. The largest absolute Gasteiger partial charge is 0.379 e. The Morgan fingerprint density at radius 2 is 1.89 bits per heavy atom. The molecule has 0 spiro atoms. The van der Waals surface area contributed by atoms with Gasteiger partial charge in [-0.2, -0.15) is 0 Å². The van der Waals surface area contributed by atoms with E-state index in [1.165, 1.54) is 12.8 Å². The van der Waals surface area contributed by atoms with Gasteiger partial charge >= 0.3 is 0 Å². The summed E-state index contributed by atoms with van der Waals surface area (Å²) < 4.78 is 5.33. The van der Waals surface area contributed by atoms with Gasteiger partial charge in [0.1, 0.15) is 0 Å². The Morgan fingerprint density at radius 3 is 2.00 bits per heavy atom. The molecule has 0 unspecified atom stereocenters. The van der Waals surface area contributed by atoms with Crippen molar-refractivity contribution in [3.05, 3.63) is 0 Å². The highest BCUT2D eigenvalue weighted by molar-refractivity contribution is 4.70. The molecule has 0 rings (SSSR count). The Kier molecular flexibility index (Phi) is 3.87. The summed E-state index contributed by atoms with van der Waals surface area (Å²) >= 11 is 0. The first-order valence-corrected chi connectivity index (χ1v) is 3.73. The lowest BCUT2D eigenvalue weighted by Gasteiger charge is -2.25. The van der Waals surface area contributed by atoms with Crippen LogP contribution in [0.2, 0.25) is 0 Å². The summed E-state index contributed by atoms with van der Waals surface area (Å²) in [5.41, 5.74) is 0.134. The van der Waals surface area contributed by atoms with Crippen molar-refractivity contribution in [2.45, 2.75) is 45.6 Å². The van der Waals surface area contributed by atoms with E-state index in [0.29, 0.717) is 0 Å². The van der Waals surface area contributed by atoms with Gasteiger partial charge in [-0.1, -0.05) is 20.3 Å². The van der Waals surface area contributed by atoms with Crippen LogP contribution in [0.25, 0.3) is 0 Å². The molecule has 0 bridgehead atoms. The van der Waals surface area contributed by atoms with E-state index in [1.807, 2.05) is 0 Å². The average Bonchev–Trinajstić information content (AvgIpc) is 1.89. The third-order valence-electron chi connectivity index (χ3n) is 2.02. The molecule has 0 amide bonds. The first-order valence-electron chi connectivity index (χ1n) is 3.73. The summed E-state index contributed by atoms with van der Waals surface area (Å²) in [6.07, 6.45) is 3.48. The molecule has 0 heterocycles. The lowest BCUT2D eigenvalue weighted by molar-refractivity contribution is -0.00473. The lowest BCUT2D eigenvalue weighted by atomic mass is 9.97. The van der Waals surface area contributed by atoms with Crippen LogP contribution in [0.4, 0.5) is 0 Å². The molecule has 0 aromatic rings. The Hall–Kier alpha value is -0.0400. The fourth-order valence-corrected chi connectivity index (χ4v) is 0.952. The lowest BCUT2D eigenvalue weighted by Crippen LogP contribution is -2.25. The van der Waals surface area contributed by atoms with Crippen molar-refractivity contribution in [3.8, 4) is 0 Å². The zero-order valence-electron chi connectivity index (χ0n) is 7.03. The van der Waals surface area contributed by atoms with Gasteiger partial charge in [0, 0.05) is 7.11 Å². The van der Waals surface area contributed by atoms with E-state index in [4.69, 9.17) is 4.74 Å². The molecule has 0 aromatic carbocycles. The normalized spacial score (nSPS) is 17.3. The topological polar surface area (TPSA) is 9.23 Å². The van der Waals surface area contributed by atoms with Crippen LogP contribution in [-0.2, 0) is 4.74 Å². The number of ether oxygens (including phenoxy) is 1. The molecule has 1 heteroatoms. The van der Waals surface area contributed by atoms with Crippen LogP contribution in [0, 0.1) is 0 Å². The SMILES string of the molecule is CCC[C@](C)(CC)OC. The van der Waals surface area contributed by atoms with Gasteiger partial charge in [-0.05, 0) is 19.8 Å². The van der Waals surface area contributed by atoms with Crippen molar-refractivity contribution < 1.29 is 4.74 Å². The maximum Gasteiger partial charge on any atom is 0.0648 e. The minimum absolute atomic E-state index is 0.134. The minimum Gasteiger partial charge on any atom is -0.379 e. The first-order chi connectivity index (χ1) is 4.18. The fourth-order valence-electron chi connectivity index (χ4n) is 0.952. The predicted octanol–water partition coefficient (Wildman–Crippen LogP) is 2.60. The number of rotatable bonds is 4. The van der Waals surface area contributed by atoms with Gasteiger partial charge in [-0.3, -0.25) is 0 Å². The maximum absolute atomic E-state index is 5.33. The summed E-state index contributed by atoms with van der Waals surface area (Å²) in [5.74, 6) is 0. The summed E-state index contributed by atoms with van der Waals surface area (Å²) in [7, 11) is 1.79. The Bertz CT molecular complexity index is 65.0. The molecule has 0 aromatic heterocycles. The Labute approximate surface area is 58.4 Å². The summed E-state index contributed by atoms with van der Waals surface area (Å²) in [6, 6.07) is 0. The fraction of sp³-hybridized carbons (Fsp3) is 1.00. The Balaban J connectivity index is 3.62. The van der Waals surface area contributed by atoms with Crippen LogP contribution in [-0.4, -0.2) is 12.7 Å². The zero-order chi connectivity index (χ0) is 7.33. The molecule has 0 saturated heterocycles. The van der Waals surface area contributed by atoms with Crippen molar-refractivity contribution in [3.63, 3.8) is 0 Å². The van der Waals surface area contributed by atoms with Crippen LogP contribution in [0.15, 0.2) is 0 Å². The third kappa shape index (κ3) is 2.85. The second kappa shape index (κ2) is 3.89. The summed E-state index contributed by atoms with van der Waals surface area (Å²) in [4.78, 5) is 0. The van der Waals surface area contributed by atoms with E-state index in [-0.39, 0.29) is 5.60 Å². The van der Waals surface area contributed by atoms with Crippen LogP contribution in [0.1, 0.15) is 40.0 Å². The highest BCUT2D eigenvalue weighted by Gasteiger charge is 2.18. The molecule has 0 aliphatic rings. The van der Waals surface area contributed by atoms with Crippen molar-refractivity contribution >= 4 is 0 Å². The molecule has 0 aliphatic heterocycles. The van der Waals surface area contributed by atoms with E-state index < -0.39 is 0 Å². The molecule has 0 radical (unpaired) electrons. The third-order valence-corrected chi connectivity index (χ3v) is 2.02.